The summed E-state index contributed by atoms with van der Waals surface area (Å²) in [7, 11) is 0. The van der Waals surface area contributed by atoms with Gasteiger partial charge in [-0.15, -0.1) is 0 Å². The lowest BCUT2D eigenvalue weighted by molar-refractivity contribution is 0.0951. The van der Waals surface area contributed by atoms with E-state index in [1.54, 1.807) is 6.20 Å². The van der Waals surface area contributed by atoms with E-state index in [2.05, 4.69) is 33.8 Å². The number of hydrogen-bond donors (Lipinski definition) is 1. The molecule has 0 spiro atoms. The van der Waals surface area contributed by atoms with Gasteiger partial charge in [0.15, 0.2) is 0 Å². The first-order valence-electron chi connectivity index (χ1n) is 9.42. The molecule has 0 aliphatic rings. The van der Waals surface area contributed by atoms with Crippen molar-refractivity contribution in [2.24, 2.45) is 0 Å². The summed E-state index contributed by atoms with van der Waals surface area (Å²) in [6.45, 7) is 0.669. The van der Waals surface area contributed by atoms with Crippen LogP contribution < -0.4 is 4.74 Å². The fourth-order valence-corrected chi connectivity index (χ4v) is 3.84. The maximum absolute atomic E-state index is 10.7. The number of nitrogens with zero attached hydrogens (tertiary/aromatic N) is 2. The Hall–Kier alpha value is -3.37. The molecule has 1 atom stereocenters. The quantitative estimate of drug-likeness (QED) is 0.485. The average molecular weight is 368 g/mol. The Morgan fingerprint density at radius 3 is 2.25 bits per heavy atom. The monoisotopic (exact) mass is 368 g/mol. The molecule has 0 saturated carbocycles. The minimum Gasteiger partial charge on any atom is -0.489 e. The van der Waals surface area contributed by atoms with Crippen molar-refractivity contribution in [1.29, 1.82) is 0 Å². The molecule has 1 unspecified atom stereocenters. The zero-order valence-corrected chi connectivity index (χ0v) is 15.3. The van der Waals surface area contributed by atoms with Crippen LogP contribution in [-0.4, -0.2) is 27.4 Å². The van der Waals surface area contributed by atoms with E-state index < -0.39 is 6.10 Å². The molecule has 4 heteroatoms. The van der Waals surface area contributed by atoms with Crippen molar-refractivity contribution < 1.29 is 9.84 Å². The molecule has 5 rings (SSSR count). The van der Waals surface area contributed by atoms with Gasteiger partial charge in [-0.1, -0.05) is 54.6 Å². The van der Waals surface area contributed by atoms with Crippen molar-refractivity contribution in [2.75, 3.05) is 6.61 Å². The van der Waals surface area contributed by atoms with Crippen LogP contribution in [0.1, 0.15) is 0 Å². The molecule has 2 aromatic heterocycles. The summed E-state index contributed by atoms with van der Waals surface area (Å²) >= 11 is 0. The van der Waals surface area contributed by atoms with Crippen LogP contribution in [0, 0.1) is 0 Å². The Balaban J connectivity index is 1.42. The van der Waals surface area contributed by atoms with E-state index in [1.165, 1.54) is 10.8 Å². The number of para-hydroxylation sites is 3. The number of benzene rings is 3. The fraction of sp³-hybridized carbons (Fsp3) is 0.125. The highest BCUT2D eigenvalue weighted by Gasteiger charge is 2.14. The molecule has 2 heterocycles. The second-order valence-electron chi connectivity index (χ2n) is 6.94. The molecule has 0 amide bonds. The number of aliphatic hydroxyl groups is 1. The number of aromatic nitrogens is 2. The van der Waals surface area contributed by atoms with Gasteiger partial charge >= 0.3 is 0 Å². The Labute approximate surface area is 162 Å². The number of hydrogen-bond acceptors (Lipinski definition) is 3. The summed E-state index contributed by atoms with van der Waals surface area (Å²) in [5.74, 6) is 0.694. The standard InChI is InChI=1S/C24H20N2O2/c27-18(16-28-23-13-5-7-17-8-6-14-25-24(17)23)15-26-21-11-3-1-9-19(21)20-10-2-4-12-22(20)26/h1-14,18,27H,15-16H2. The average Bonchev–Trinajstić information content (AvgIpc) is 3.06. The van der Waals surface area contributed by atoms with Crippen LogP contribution >= 0.6 is 0 Å². The molecule has 1 N–H and O–H groups in total. The third kappa shape index (κ3) is 2.88. The Kier molecular flexibility index (Phi) is 4.18. The van der Waals surface area contributed by atoms with Gasteiger partial charge < -0.3 is 14.4 Å². The second-order valence-corrected chi connectivity index (χ2v) is 6.94. The minimum atomic E-state index is -0.641. The number of aliphatic hydroxyl groups excluding tert-OH is 1. The first-order chi connectivity index (χ1) is 13.8. The van der Waals surface area contributed by atoms with E-state index in [0.29, 0.717) is 12.3 Å². The predicted molar refractivity (Wildman–Crippen MR) is 113 cm³/mol. The van der Waals surface area contributed by atoms with Gasteiger partial charge in [-0.2, -0.15) is 0 Å². The van der Waals surface area contributed by atoms with E-state index >= 15 is 0 Å². The minimum absolute atomic E-state index is 0.205. The van der Waals surface area contributed by atoms with E-state index in [4.69, 9.17) is 4.74 Å². The third-order valence-corrected chi connectivity index (χ3v) is 5.10. The maximum atomic E-state index is 10.7. The highest BCUT2D eigenvalue weighted by molar-refractivity contribution is 6.07. The molecule has 138 valence electrons. The van der Waals surface area contributed by atoms with Crippen LogP contribution in [0.4, 0.5) is 0 Å². The van der Waals surface area contributed by atoms with Crippen molar-refractivity contribution in [1.82, 2.24) is 9.55 Å². The van der Waals surface area contributed by atoms with Crippen LogP contribution in [0.3, 0.4) is 0 Å². The number of pyridine rings is 1. The molecule has 5 aromatic rings. The van der Waals surface area contributed by atoms with E-state index in [9.17, 15) is 5.11 Å². The van der Waals surface area contributed by atoms with Crippen LogP contribution in [0.15, 0.2) is 85.1 Å². The Morgan fingerprint density at radius 1 is 0.821 bits per heavy atom. The van der Waals surface area contributed by atoms with Crippen molar-refractivity contribution in [3.8, 4) is 5.75 Å². The molecule has 0 bridgehead atoms. The molecule has 0 fully saturated rings. The molecule has 28 heavy (non-hydrogen) atoms. The van der Waals surface area contributed by atoms with Gasteiger partial charge in [0.1, 0.15) is 24.0 Å². The summed E-state index contributed by atoms with van der Waals surface area (Å²) < 4.78 is 8.09. The second kappa shape index (κ2) is 6.98. The first kappa shape index (κ1) is 16.8. The van der Waals surface area contributed by atoms with Gasteiger partial charge in [-0.05, 0) is 24.3 Å². The molecule has 0 saturated heterocycles. The first-order valence-corrected chi connectivity index (χ1v) is 9.42. The topological polar surface area (TPSA) is 47.3 Å². The highest BCUT2D eigenvalue weighted by atomic mass is 16.5. The van der Waals surface area contributed by atoms with Crippen LogP contribution in [0.25, 0.3) is 32.7 Å². The zero-order valence-electron chi connectivity index (χ0n) is 15.3. The molecular weight excluding hydrogens is 348 g/mol. The van der Waals surface area contributed by atoms with Crippen LogP contribution in [0.5, 0.6) is 5.75 Å². The third-order valence-electron chi connectivity index (χ3n) is 5.10. The Bertz CT molecular complexity index is 1220. The summed E-state index contributed by atoms with van der Waals surface area (Å²) in [6, 6.07) is 26.3. The zero-order chi connectivity index (χ0) is 18.9. The number of ether oxygens (including phenoxy) is 1. The van der Waals surface area contributed by atoms with Gasteiger partial charge in [0, 0.05) is 33.4 Å². The summed E-state index contributed by atoms with van der Waals surface area (Å²) in [5.41, 5.74) is 3.05. The largest absolute Gasteiger partial charge is 0.489 e. The smallest absolute Gasteiger partial charge is 0.145 e. The lowest BCUT2D eigenvalue weighted by Crippen LogP contribution is -2.23. The van der Waals surface area contributed by atoms with Crippen molar-refractivity contribution in [3.05, 3.63) is 85.1 Å². The van der Waals surface area contributed by atoms with Crippen molar-refractivity contribution in [3.63, 3.8) is 0 Å². The van der Waals surface area contributed by atoms with E-state index in [-0.39, 0.29) is 6.61 Å². The predicted octanol–water partition coefficient (Wildman–Crippen LogP) is 4.78. The normalized spacial score (nSPS) is 12.6. The maximum Gasteiger partial charge on any atom is 0.145 e. The lowest BCUT2D eigenvalue weighted by Gasteiger charge is -2.15. The molecule has 0 radical (unpaired) electrons. The fourth-order valence-electron chi connectivity index (χ4n) is 3.84. The molecule has 4 nitrogen and oxygen atoms in total. The summed E-state index contributed by atoms with van der Waals surface area (Å²) in [5, 5.41) is 14.1. The van der Waals surface area contributed by atoms with Gasteiger partial charge in [0.25, 0.3) is 0 Å². The highest BCUT2D eigenvalue weighted by Crippen LogP contribution is 2.29. The number of fused-ring (bicyclic) bond motifs is 4. The lowest BCUT2D eigenvalue weighted by atomic mass is 10.2. The molecule has 0 aliphatic carbocycles. The number of rotatable bonds is 5. The SMILES string of the molecule is OC(COc1cccc2cccnc12)Cn1c2ccccc2c2ccccc21. The molecular formula is C24H20N2O2. The van der Waals surface area contributed by atoms with Gasteiger partial charge in [-0.25, -0.2) is 0 Å². The van der Waals surface area contributed by atoms with Crippen molar-refractivity contribution in [2.45, 2.75) is 12.6 Å². The summed E-state index contributed by atoms with van der Waals surface area (Å²) in [4.78, 5) is 4.40. The van der Waals surface area contributed by atoms with Gasteiger partial charge in [-0.3, -0.25) is 4.98 Å². The molecule has 0 aliphatic heterocycles. The molecule has 3 aromatic carbocycles. The Morgan fingerprint density at radius 2 is 1.50 bits per heavy atom. The van der Waals surface area contributed by atoms with Gasteiger partial charge in [0.2, 0.25) is 0 Å². The van der Waals surface area contributed by atoms with Crippen LogP contribution in [0.2, 0.25) is 0 Å². The van der Waals surface area contributed by atoms with Gasteiger partial charge in [0.05, 0.1) is 6.54 Å². The van der Waals surface area contributed by atoms with Crippen molar-refractivity contribution >= 4 is 32.7 Å². The van der Waals surface area contributed by atoms with E-state index in [0.717, 1.165) is 21.9 Å². The van der Waals surface area contributed by atoms with Crippen LogP contribution in [-0.2, 0) is 6.54 Å². The van der Waals surface area contributed by atoms with E-state index in [1.807, 2.05) is 54.6 Å². The summed E-state index contributed by atoms with van der Waals surface area (Å²) in [6.07, 6.45) is 1.11.